The Hall–Kier alpha value is -5.32. The summed E-state index contributed by atoms with van der Waals surface area (Å²) in [6, 6.07) is 8.34. The Bertz CT molecular complexity index is 1970. The summed E-state index contributed by atoms with van der Waals surface area (Å²) >= 11 is 0. The molecular formula is C30H24F5N5O7. The van der Waals surface area contributed by atoms with Gasteiger partial charge in [-0.25, -0.2) is 4.98 Å². The molecular weight excluding hydrogens is 637 g/mol. The summed E-state index contributed by atoms with van der Waals surface area (Å²) in [6.07, 6.45) is -9.44. The number of ether oxygens (including phenoxy) is 4. The van der Waals surface area contributed by atoms with Crippen molar-refractivity contribution in [3.8, 4) is 34.3 Å². The molecule has 47 heavy (non-hydrogen) atoms. The maximum absolute atomic E-state index is 14.8. The number of nitrogens with zero attached hydrogens (tertiary/aromatic N) is 3. The van der Waals surface area contributed by atoms with Crippen molar-refractivity contribution in [2.24, 2.45) is 5.73 Å². The van der Waals surface area contributed by atoms with Crippen molar-refractivity contribution in [2.45, 2.75) is 37.3 Å². The third-order valence-corrected chi connectivity index (χ3v) is 7.95. The lowest BCUT2D eigenvalue weighted by Crippen LogP contribution is -2.51. The highest BCUT2D eigenvalue weighted by molar-refractivity contribution is 6.00. The van der Waals surface area contributed by atoms with Crippen LogP contribution < -0.4 is 30.0 Å². The van der Waals surface area contributed by atoms with Gasteiger partial charge < -0.3 is 35.1 Å². The first-order valence-corrected chi connectivity index (χ1v) is 13.7. The predicted octanol–water partition coefficient (Wildman–Crippen LogP) is 3.65. The van der Waals surface area contributed by atoms with Gasteiger partial charge >= 0.3 is 12.5 Å². The summed E-state index contributed by atoms with van der Waals surface area (Å²) in [5, 5.41) is 21.8. The molecule has 4 heterocycles. The van der Waals surface area contributed by atoms with Gasteiger partial charge in [0.2, 0.25) is 11.5 Å². The minimum absolute atomic E-state index is 0.0768. The van der Waals surface area contributed by atoms with Crippen molar-refractivity contribution in [3.63, 3.8) is 0 Å². The summed E-state index contributed by atoms with van der Waals surface area (Å²) in [4.78, 5) is 29.8. The number of aliphatic hydroxyl groups is 1. The zero-order chi connectivity index (χ0) is 34.1. The van der Waals surface area contributed by atoms with Crippen LogP contribution in [-0.2, 0) is 15.8 Å². The van der Waals surface area contributed by atoms with Gasteiger partial charge in [0.15, 0.2) is 11.5 Å². The molecule has 0 bridgehead atoms. The Kier molecular flexibility index (Phi) is 7.15. The monoisotopic (exact) mass is 661 g/mol. The molecule has 0 spiro atoms. The Labute approximate surface area is 261 Å². The first-order valence-electron chi connectivity index (χ1n) is 13.7. The smallest absolute Gasteiger partial charge is 0.494 e. The van der Waals surface area contributed by atoms with E-state index in [9.17, 15) is 36.6 Å². The predicted molar refractivity (Wildman–Crippen MR) is 151 cm³/mol. The van der Waals surface area contributed by atoms with Gasteiger partial charge in [-0.05, 0) is 56.3 Å². The van der Waals surface area contributed by atoms with E-state index in [2.05, 4.69) is 30.0 Å². The fourth-order valence-corrected chi connectivity index (χ4v) is 5.25. The van der Waals surface area contributed by atoms with Gasteiger partial charge in [-0.3, -0.25) is 9.59 Å². The van der Waals surface area contributed by atoms with Crippen molar-refractivity contribution in [1.82, 2.24) is 20.5 Å². The topological polar surface area (TPSA) is 168 Å². The maximum atomic E-state index is 14.8. The second-order valence-electron chi connectivity index (χ2n) is 11.2. The van der Waals surface area contributed by atoms with Crippen molar-refractivity contribution in [1.29, 1.82) is 0 Å². The second-order valence-corrected chi connectivity index (χ2v) is 11.2. The standard InChI is InChI=1S/C30H24F5N5O7/c1-13-6-15-7-16(9-20(44-3)22(15)40-39-13)25(41)37-11-28(43,29(31,32)33)21-10-17-24(45-12-27(17,2)26(36)42)23(38-21)14-4-5-18-19(8-14)47-30(34,35)46-18/h4-10,43H,11-12H2,1-3H3,(H2,36,42)(H,37,41)/t27-,28?/m0/s1. The van der Waals surface area contributed by atoms with Gasteiger partial charge in [-0.1, -0.05) is 0 Å². The number of aromatic nitrogens is 3. The number of hydrogen-bond donors (Lipinski definition) is 3. The van der Waals surface area contributed by atoms with E-state index >= 15 is 0 Å². The zero-order valence-electron chi connectivity index (χ0n) is 24.7. The van der Waals surface area contributed by atoms with E-state index in [4.69, 9.17) is 15.2 Å². The lowest BCUT2D eigenvalue weighted by molar-refractivity contribution is -0.286. The number of fused-ring (bicyclic) bond motifs is 3. The fraction of sp³-hybridized carbons (Fsp3) is 0.300. The van der Waals surface area contributed by atoms with Gasteiger partial charge in [0.25, 0.3) is 5.91 Å². The number of alkyl halides is 5. The minimum atomic E-state index is -5.45. The normalized spacial score (nSPS) is 19.1. The molecule has 0 aliphatic carbocycles. The molecule has 17 heteroatoms. The van der Waals surface area contributed by atoms with Crippen molar-refractivity contribution in [3.05, 3.63) is 65.0 Å². The van der Waals surface area contributed by atoms with E-state index in [0.29, 0.717) is 16.6 Å². The van der Waals surface area contributed by atoms with E-state index in [-0.39, 0.29) is 39.6 Å². The molecule has 2 aromatic carbocycles. The quantitative estimate of drug-likeness (QED) is 0.249. The van der Waals surface area contributed by atoms with Crippen LogP contribution in [0.25, 0.3) is 22.2 Å². The van der Waals surface area contributed by atoms with Crippen molar-refractivity contribution < 1.29 is 55.6 Å². The maximum Gasteiger partial charge on any atom is 0.586 e. The average molecular weight is 662 g/mol. The van der Waals surface area contributed by atoms with E-state index in [1.165, 1.54) is 32.2 Å². The van der Waals surface area contributed by atoms with E-state index in [0.717, 1.165) is 18.2 Å². The second kappa shape index (κ2) is 10.6. The van der Waals surface area contributed by atoms with Crippen LogP contribution in [0, 0.1) is 6.92 Å². The highest BCUT2D eigenvalue weighted by atomic mass is 19.4. The highest BCUT2D eigenvalue weighted by Crippen LogP contribution is 2.50. The summed E-state index contributed by atoms with van der Waals surface area (Å²) in [6.45, 7) is 1.14. The number of carbonyl (C=O) groups excluding carboxylic acids is 2. The first-order chi connectivity index (χ1) is 22.0. The van der Waals surface area contributed by atoms with E-state index < -0.39 is 59.9 Å². The van der Waals surface area contributed by atoms with Gasteiger partial charge in [-0.15, -0.1) is 13.9 Å². The highest BCUT2D eigenvalue weighted by Gasteiger charge is 2.58. The van der Waals surface area contributed by atoms with Gasteiger partial charge in [0.05, 0.1) is 25.0 Å². The third kappa shape index (κ3) is 5.25. The number of nitrogens with two attached hydrogens (primary N) is 1. The van der Waals surface area contributed by atoms with E-state index in [1.807, 2.05) is 0 Å². The minimum Gasteiger partial charge on any atom is -0.494 e. The molecule has 4 N–H and O–H groups in total. The Morgan fingerprint density at radius 1 is 1.09 bits per heavy atom. The fourth-order valence-electron chi connectivity index (χ4n) is 5.25. The SMILES string of the molecule is COc1cc(C(=O)NCC(O)(c2cc3c(c(-c4ccc5c(c4)OC(F)(F)O5)n2)OC[C@]3(C)C(N)=O)C(F)(F)F)cc2cc(C)nnc12. The molecule has 246 valence electrons. The van der Waals surface area contributed by atoms with Crippen LogP contribution in [0.2, 0.25) is 0 Å². The molecule has 2 amide bonds. The molecule has 2 aromatic heterocycles. The van der Waals surface area contributed by atoms with Gasteiger partial charge in [-0.2, -0.15) is 18.3 Å². The number of hydrogen-bond acceptors (Lipinski definition) is 10. The Morgan fingerprint density at radius 3 is 2.49 bits per heavy atom. The van der Waals surface area contributed by atoms with Crippen LogP contribution in [0.5, 0.6) is 23.0 Å². The van der Waals surface area contributed by atoms with Crippen LogP contribution >= 0.6 is 0 Å². The van der Waals surface area contributed by atoms with Crippen LogP contribution in [0.4, 0.5) is 22.0 Å². The molecule has 0 fully saturated rings. The summed E-state index contributed by atoms with van der Waals surface area (Å²) in [5.74, 6) is -2.81. The number of halogens is 5. The largest absolute Gasteiger partial charge is 0.586 e. The van der Waals surface area contributed by atoms with Crippen LogP contribution in [-0.4, -0.2) is 64.8 Å². The number of nitrogens with one attached hydrogen (secondary N) is 1. The number of methoxy groups -OCH3 is 1. The van der Waals surface area contributed by atoms with Crippen LogP contribution in [0.15, 0.2) is 42.5 Å². The van der Waals surface area contributed by atoms with Crippen molar-refractivity contribution in [2.75, 3.05) is 20.3 Å². The first kappa shape index (κ1) is 31.7. The van der Waals surface area contributed by atoms with Crippen molar-refractivity contribution >= 4 is 22.7 Å². The molecule has 2 aliphatic rings. The van der Waals surface area contributed by atoms with Crippen LogP contribution in [0.1, 0.15) is 34.2 Å². The third-order valence-electron chi connectivity index (χ3n) is 7.95. The number of pyridine rings is 1. The number of carbonyl (C=O) groups is 2. The Balaban J connectivity index is 1.44. The molecule has 4 aromatic rings. The number of rotatable bonds is 7. The number of primary amides is 1. The lowest BCUT2D eigenvalue weighted by atomic mass is 9.81. The molecule has 0 saturated carbocycles. The van der Waals surface area contributed by atoms with Gasteiger partial charge in [0, 0.05) is 22.1 Å². The Morgan fingerprint density at radius 2 is 1.81 bits per heavy atom. The summed E-state index contributed by atoms with van der Waals surface area (Å²) < 4.78 is 91.6. The summed E-state index contributed by atoms with van der Waals surface area (Å²) in [5.41, 5.74) is -0.846. The molecule has 2 aliphatic heterocycles. The molecule has 0 saturated heterocycles. The molecule has 1 unspecified atom stereocenters. The van der Waals surface area contributed by atoms with Crippen LogP contribution in [0.3, 0.4) is 0 Å². The number of benzene rings is 2. The molecule has 2 atom stereocenters. The zero-order valence-corrected chi connectivity index (χ0v) is 24.7. The number of amides is 2. The molecule has 6 rings (SSSR count). The number of aryl methyl sites for hydroxylation is 1. The summed E-state index contributed by atoms with van der Waals surface area (Å²) in [7, 11) is 1.31. The lowest BCUT2D eigenvalue weighted by Gasteiger charge is -2.31. The van der Waals surface area contributed by atoms with Gasteiger partial charge in [0.1, 0.15) is 34.7 Å². The average Bonchev–Trinajstić information content (AvgIpc) is 3.52. The molecule has 12 nitrogen and oxygen atoms in total. The molecule has 0 radical (unpaired) electrons. The van der Waals surface area contributed by atoms with E-state index in [1.54, 1.807) is 13.0 Å².